The molecule has 2 heteroatoms. The molecule has 0 spiro atoms. The van der Waals surface area contributed by atoms with Crippen LogP contribution in [0.25, 0.3) is 0 Å². The highest BCUT2D eigenvalue weighted by molar-refractivity contribution is 6.08. The van der Waals surface area contributed by atoms with E-state index in [-0.39, 0.29) is 18.0 Å². The van der Waals surface area contributed by atoms with Gasteiger partial charge in [-0.25, -0.2) is 0 Å². The van der Waals surface area contributed by atoms with Crippen LogP contribution in [0.15, 0.2) is 12.1 Å². The summed E-state index contributed by atoms with van der Waals surface area (Å²) in [5.74, 6) is -0.0556. The molecule has 134 valence electrons. The molecule has 1 aromatic carbocycles. The van der Waals surface area contributed by atoms with Crippen molar-refractivity contribution in [2.75, 3.05) is 0 Å². The van der Waals surface area contributed by atoms with Gasteiger partial charge in [0.25, 0.3) is 0 Å². The van der Waals surface area contributed by atoms with Crippen LogP contribution in [0.5, 0.6) is 0 Å². The molecule has 2 nitrogen and oxygen atoms in total. The molecule has 0 atom stereocenters. The molecule has 0 aliphatic rings. The lowest BCUT2D eigenvalue weighted by Crippen LogP contribution is -2.12. The average Bonchev–Trinajstić information content (AvgIpc) is 2.55. The highest BCUT2D eigenvalue weighted by atomic mass is 16.1. The van der Waals surface area contributed by atoms with Crippen molar-refractivity contribution in [1.29, 1.82) is 0 Å². The van der Waals surface area contributed by atoms with Gasteiger partial charge in [-0.15, -0.1) is 0 Å². The summed E-state index contributed by atoms with van der Waals surface area (Å²) in [6.07, 6.45) is 10.0. The van der Waals surface area contributed by atoms with Crippen molar-refractivity contribution in [3.8, 4) is 0 Å². The van der Waals surface area contributed by atoms with Gasteiger partial charge in [-0.05, 0) is 62.1 Å². The van der Waals surface area contributed by atoms with E-state index < -0.39 is 0 Å². The fraction of sp³-hybridized carbons (Fsp3) is 0.636. The molecule has 0 radical (unpaired) electrons. The molecule has 0 saturated carbocycles. The van der Waals surface area contributed by atoms with E-state index in [1.807, 2.05) is 6.07 Å². The van der Waals surface area contributed by atoms with Gasteiger partial charge in [0.15, 0.2) is 5.78 Å². The molecule has 0 bridgehead atoms. The Morgan fingerprint density at radius 1 is 0.792 bits per heavy atom. The number of benzene rings is 1. The maximum Gasteiger partial charge on any atom is 0.170 e. The number of hydrogen-bond acceptors (Lipinski definition) is 2. The minimum absolute atomic E-state index is 0.00612. The molecule has 0 aliphatic heterocycles. The zero-order chi connectivity index (χ0) is 17.9. The summed E-state index contributed by atoms with van der Waals surface area (Å²) in [4.78, 5) is 24.0. The smallest absolute Gasteiger partial charge is 0.170 e. The molecule has 0 amide bonds. The molecule has 0 saturated heterocycles. The van der Waals surface area contributed by atoms with Crippen LogP contribution in [0, 0.1) is 0 Å². The van der Waals surface area contributed by atoms with Crippen LogP contribution in [-0.4, -0.2) is 11.6 Å². The zero-order valence-electron chi connectivity index (χ0n) is 16.0. The van der Waals surface area contributed by atoms with Crippen molar-refractivity contribution in [3.63, 3.8) is 0 Å². The molecule has 0 heterocycles. The van der Waals surface area contributed by atoms with E-state index in [4.69, 9.17) is 0 Å². The van der Waals surface area contributed by atoms with Crippen molar-refractivity contribution in [1.82, 2.24) is 0 Å². The van der Waals surface area contributed by atoms with Crippen LogP contribution in [0.4, 0.5) is 0 Å². The number of ketones is 2. The third-order valence-corrected chi connectivity index (χ3v) is 4.60. The van der Waals surface area contributed by atoms with E-state index in [0.717, 1.165) is 50.5 Å². The minimum Gasteiger partial charge on any atom is -0.300 e. The normalized spacial score (nSPS) is 10.8. The van der Waals surface area contributed by atoms with Gasteiger partial charge in [-0.1, -0.05) is 52.2 Å². The second-order valence-electron chi connectivity index (χ2n) is 6.84. The summed E-state index contributed by atoms with van der Waals surface area (Å²) < 4.78 is 0. The van der Waals surface area contributed by atoms with Gasteiger partial charge in [0, 0.05) is 5.56 Å². The second-order valence-corrected chi connectivity index (χ2v) is 6.84. The largest absolute Gasteiger partial charge is 0.300 e. The Kier molecular flexibility index (Phi) is 9.59. The highest BCUT2D eigenvalue weighted by Gasteiger charge is 2.18. The van der Waals surface area contributed by atoms with Crippen molar-refractivity contribution in [3.05, 3.63) is 34.4 Å². The van der Waals surface area contributed by atoms with Crippen molar-refractivity contribution < 1.29 is 9.59 Å². The summed E-state index contributed by atoms with van der Waals surface area (Å²) in [6.45, 7) is 8.11. The first kappa shape index (κ1) is 20.6. The first-order valence-corrected chi connectivity index (χ1v) is 9.71. The average molecular weight is 331 g/mol. The third kappa shape index (κ3) is 6.22. The Labute approximate surface area is 148 Å². The molecule has 24 heavy (non-hydrogen) atoms. The van der Waals surface area contributed by atoms with Gasteiger partial charge in [0.1, 0.15) is 5.78 Å². The predicted molar refractivity (Wildman–Crippen MR) is 102 cm³/mol. The van der Waals surface area contributed by atoms with E-state index in [2.05, 4.69) is 26.8 Å². The molecule has 0 aliphatic carbocycles. The molecule has 1 aromatic rings. The van der Waals surface area contributed by atoms with Crippen LogP contribution in [0.2, 0.25) is 0 Å². The summed E-state index contributed by atoms with van der Waals surface area (Å²) in [5.41, 5.74) is 4.83. The Morgan fingerprint density at radius 3 is 1.88 bits per heavy atom. The summed E-state index contributed by atoms with van der Waals surface area (Å²) in [7, 11) is 0. The molecule has 1 rings (SSSR count). The number of carbonyl (C=O) groups excluding carboxylic acids is 2. The third-order valence-electron chi connectivity index (χ3n) is 4.60. The Hall–Kier alpha value is -1.44. The van der Waals surface area contributed by atoms with Crippen LogP contribution < -0.4 is 0 Å². The maximum atomic E-state index is 12.6. The molecule has 0 N–H and O–H groups in total. The van der Waals surface area contributed by atoms with Gasteiger partial charge >= 0.3 is 0 Å². The fourth-order valence-corrected chi connectivity index (χ4v) is 3.23. The van der Waals surface area contributed by atoms with Crippen LogP contribution >= 0.6 is 0 Å². The van der Waals surface area contributed by atoms with E-state index >= 15 is 0 Å². The van der Waals surface area contributed by atoms with Crippen molar-refractivity contribution in [2.24, 2.45) is 0 Å². The number of rotatable bonds is 12. The standard InChI is InChI=1S/C22H34O2/c1-5-8-11-18-14-15-21(22(24)16-17(4)23)20(13-10-7-3)19(18)12-9-6-2/h14-15H,5-13,16H2,1-4H3. The van der Waals surface area contributed by atoms with Crippen molar-refractivity contribution >= 4 is 11.6 Å². The Balaban J connectivity index is 3.30. The monoisotopic (exact) mass is 330 g/mol. The Morgan fingerprint density at radius 2 is 1.33 bits per heavy atom. The quantitative estimate of drug-likeness (QED) is 0.354. The predicted octanol–water partition coefficient (Wildman–Crippen LogP) is 5.88. The zero-order valence-corrected chi connectivity index (χ0v) is 16.0. The number of Topliss-reactive ketones (excluding diaryl/α,β-unsaturated/α-hetero) is 2. The van der Waals surface area contributed by atoms with Gasteiger partial charge in [-0.3, -0.25) is 9.59 Å². The lowest BCUT2D eigenvalue weighted by molar-refractivity contribution is -0.116. The number of hydrogen-bond donors (Lipinski definition) is 0. The van der Waals surface area contributed by atoms with Crippen LogP contribution in [-0.2, 0) is 24.1 Å². The number of unbranched alkanes of at least 4 members (excludes halogenated alkanes) is 3. The van der Waals surface area contributed by atoms with Gasteiger partial charge in [0.2, 0.25) is 0 Å². The number of aryl methyl sites for hydroxylation is 1. The first-order chi connectivity index (χ1) is 11.5. The Bertz CT molecular complexity index is 543. The maximum absolute atomic E-state index is 12.6. The number of carbonyl (C=O) groups is 2. The second kappa shape index (κ2) is 11.2. The van der Waals surface area contributed by atoms with Crippen LogP contribution in [0.1, 0.15) is 99.7 Å². The minimum atomic E-state index is -0.0494. The highest BCUT2D eigenvalue weighted by Crippen LogP contribution is 2.26. The van der Waals surface area contributed by atoms with Crippen molar-refractivity contribution in [2.45, 2.75) is 91.9 Å². The lowest BCUT2D eigenvalue weighted by Gasteiger charge is -2.18. The van der Waals surface area contributed by atoms with Gasteiger partial charge < -0.3 is 0 Å². The summed E-state index contributed by atoms with van der Waals surface area (Å²) in [6, 6.07) is 4.13. The molecule has 0 fully saturated rings. The molecular formula is C22H34O2. The van der Waals surface area contributed by atoms with Gasteiger partial charge in [0.05, 0.1) is 6.42 Å². The molecule has 0 unspecified atom stereocenters. The van der Waals surface area contributed by atoms with E-state index in [1.165, 1.54) is 36.5 Å². The van der Waals surface area contributed by atoms with Crippen LogP contribution in [0.3, 0.4) is 0 Å². The topological polar surface area (TPSA) is 34.1 Å². The summed E-state index contributed by atoms with van der Waals surface area (Å²) >= 11 is 0. The lowest BCUT2D eigenvalue weighted by atomic mass is 9.86. The van der Waals surface area contributed by atoms with Gasteiger partial charge in [-0.2, -0.15) is 0 Å². The fourth-order valence-electron chi connectivity index (χ4n) is 3.23. The van der Waals surface area contributed by atoms with E-state index in [1.54, 1.807) is 0 Å². The molecule has 0 aromatic heterocycles. The first-order valence-electron chi connectivity index (χ1n) is 9.71. The molecular weight excluding hydrogens is 296 g/mol. The van der Waals surface area contributed by atoms with E-state index in [0.29, 0.717) is 0 Å². The SMILES string of the molecule is CCCCc1ccc(C(=O)CC(C)=O)c(CCCC)c1CCCC. The summed E-state index contributed by atoms with van der Waals surface area (Å²) in [5, 5.41) is 0. The van der Waals surface area contributed by atoms with E-state index in [9.17, 15) is 9.59 Å².